The molecule has 2 nitrogen and oxygen atoms in total. The lowest BCUT2D eigenvalue weighted by molar-refractivity contribution is -0.113. The van der Waals surface area contributed by atoms with Crippen molar-refractivity contribution in [2.24, 2.45) is 0 Å². The average molecular weight is 195 g/mol. The van der Waals surface area contributed by atoms with E-state index in [1.165, 1.54) is 13.8 Å². The van der Waals surface area contributed by atoms with Gasteiger partial charge in [-0.3, -0.25) is 4.79 Å². The minimum atomic E-state index is -0.198. The highest BCUT2D eigenvalue weighted by Crippen LogP contribution is 2.26. The summed E-state index contributed by atoms with van der Waals surface area (Å²) < 4.78 is -0.198. The molecule has 0 aromatic heterocycles. The van der Waals surface area contributed by atoms with Gasteiger partial charge in [-0.1, -0.05) is 11.8 Å². The van der Waals surface area contributed by atoms with Crippen molar-refractivity contribution in [3.8, 4) is 0 Å². The molecule has 0 bridgehead atoms. The van der Waals surface area contributed by atoms with E-state index in [9.17, 15) is 4.79 Å². The molecule has 0 aliphatic heterocycles. The molecule has 0 aromatic carbocycles. The van der Waals surface area contributed by atoms with Gasteiger partial charge in [-0.25, -0.2) is 0 Å². The van der Waals surface area contributed by atoms with Gasteiger partial charge in [0.15, 0.2) is 5.78 Å². The van der Waals surface area contributed by atoms with Crippen LogP contribution in [0.2, 0.25) is 0 Å². The summed E-state index contributed by atoms with van der Waals surface area (Å²) in [5.41, 5.74) is 0. The molecule has 0 heterocycles. The maximum Gasteiger partial charge on any atom is 0.169 e. The van der Waals surface area contributed by atoms with Gasteiger partial charge in [0, 0.05) is 0 Å². The summed E-state index contributed by atoms with van der Waals surface area (Å²) in [6.45, 7) is 4.63. The second-order valence-electron chi connectivity index (χ2n) is 2.13. The molecule has 0 saturated carbocycles. The fourth-order valence-corrected chi connectivity index (χ4v) is 1.51. The number of allylic oxidation sites excluding steroid dienone is 2. The topological polar surface area (TPSA) is 37.3 Å². The Morgan fingerprint density at radius 2 is 2.00 bits per heavy atom. The number of aliphatic hydroxyl groups is 1. The summed E-state index contributed by atoms with van der Waals surface area (Å²) in [7, 11) is 0. The molecule has 0 aromatic rings. The number of carbonyl (C=O) groups excluding carboxylic acids is 1. The zero-order valence-electron chi connectivity index (χ0n) is 6.72. The number of alkyl halides is 1. The van der Waals surface area contributed by atoms with E-state index in [1.54, 1.807) is 6.92 Å². The summed E-state index contributed by atoms with van der Waals surface area (Å²) in [5, 5.41) is 9.01. The molecule has 0 fully saturated rings. The third kappa shape index (κ3) is 4.32. The number of rotatable bonds is 3. The molecule has 1 atom stereocenters. The largest absolute Gasteiger partial charge is 0.511 e. The van der Waals surface area contributed by atoms with E-state index in [2.05, 4.69) is 0 Å². The van der Waals surface area contributed by atoms with Crippen LogP contribution in [0.25, 0.3) is 0 Å². The minimum Gasteiger partial charge on any atom is -0.511 e. The highest BCUT2D eigenvalue weighted by molar-refractivity contribution is 8.05. The zero-order chi connectivity index (χ0) is 9.02. The molecule has 0 aliphatic carbocycles. The van der Waals surface area contributed by atoms with Crippen LogP contribution in [0.4, 0.5) is 0 Å². The molecule has 64 valence electrons. The number of thioether (sulfide) groups is 1. The van der Waals surface area contributed by atoms with Crippen LogP contribution in [0.5, 0.6) is 0 Å². The summed E-state index contributed by atoms with van der Waals surface area (Å²) in [5.74, 6) is -0.113. The molecule has 11 heavy (non-hydrogen) atoms. The summed E-state index contributed by atoms with van der Waals surface area (Å²) in [6.07, 6.45) is 0. The van der Waals surface area contributed by atoms with Crippen molar-refractivity contribution in [2.45, 2.75) is 25.5 Å². The van der Waals surface area contributed by atoms with Gasteiger partial charge in [-0.05, 0) is 20.8 Å². The first-order chi connectivity index (χ1) is 4.95. The minimum absolute atomic E-state index is 0.0370. The smallest absolute Gasteiger partial charge is 0.169 e. The van der Waals surface area contributed by atoms with Gasteiger partial charge in [0.1, 0.15) is 5.76 Å². The van der Waals surface area contributed by atoms with Crippen LogP contribution in [0.3, 0.4) is 0 Å². The van der Waals surface area contributed by atoms with Crippen LogP contribution in [-0.2, 0) is 4.79 Å². The van der Waals surface area contributed by atoms with Crippen molar-refractivity contribution in [3.05, 3.63) is 10.7 Å². The third-order valence-corrected chi connectivity index (χ3v) is 2.34. The normalized spacial score (nSPS) is 15.6. The van der Waals surface area contributed by atoms with E-state index in [0.717, 1.165) is 11.8 Å². The van der Waals surface area contributed by atoms with Crippen molar-refractivity contribution >= 4 is 29.1 Å². The van der Waals surface area contributed by atoms with Crippen LogP contribution >= 0.6 is 23.4 Å². The molecule has 1 unspecified atom stereocenters. The van der Waals surface area contributed by atoms with Crippen LogP contribution in [0.15, 0.2) is 10.7 Å². The first-order valence-electron chi connectivity index (χ1n) is 3.16. The Morgan fingerprint density at radius 1 is 1.55 bits per heavy atom. The second kappa shape index (κ2) is 4.67. The molecule has 0 radical (unpaired) electrons. The van der Waals surface area contributed by atoms with Gasteiger partial charge in [0.2, 0.25) is 0 Å². The summed E-state index contributed by atoms with van der Waals surface area (Å²) >= 11 is 6.79. The van der Waals surface area contributed by atoms with Crippen molar-refractivity contribution in [1.29, 1.82) is 0 Å². The quantitative estimate of drug-likeness (QED) is 0.427. The maximum absolute atomic E-state index is 10.8. The second-order valence-corrected chi connectivity index (χ2v) is 4.40. The van der Waals surface area contributed by atoms with Crippen LogP contribution in [0.1, 0.15) is 20.8 Å². The Morgan fingerprint density at radius 3 is 2.09 bits per heavy atom. The van der Waals surface area contributed by atoms with Gasteiger partial charge >= 0.3 is 0 Å². The molecular weight excluding hydrogens is 184 g/mol. The molecule has 0 spiro atoms. The fraction of sp³-hybridized carbons (Fsp3) is 0.571. The standard InChI is InChI=1S/C7H11ClO2S/c1-4(9)7(5(2)10)11-6(3)8/h6,9H,1-3H3/b7-4-. The maximum atomic E-state index is 10.8. The molecule has 0 amide bonds. The van der Waals surface area contributed by atoms with Gasteiger partial charge in [-0.2, -0.15) is 0 Å². The first-order valence-corrected chi connectivity index (χ1v) is 4.48. The Labute approximate surface area is 75.6 Å². The Kier molecular flexibility index (Phi) is 4.61. The van der Waals surface area contributed by atoms with Crippen molar-refractivity contribution in [1.82, 2.24) is 0 Å². The lowest BCUT2D eigenvalue weighted by atomic mass is 10.4. The van der Waals surface area contributed by atoms with Crippen LogP contribution < -0.4 is 0 Å². The van der Waals surface area contributed by atoms with Crippen molar-refractivity contribution in [2.75, 3.05) is 0 Å². The zero-order valence-corrected chi connectivity index (χ0v) is 8.29. The van der Waals surface area contributed by atoms with Gasteiger partial charge in [-0.15, -0.1) is 11.6 Å². The van der Waals surface area contributed by atoms with Crippen LogP contribution in [-0.4, -0.2) is 15.6 Å². The van der Waals surface area contributed by atoms with Gasteiger partial charge < -0.3 is 5.11 Å². The van der Waals surface area contributed by atoms with E-state index in [0.29, 0.717) is 4.91 Å². The van der Waals surface area contributed by atoms with E-state index in [1.807, 2.05) is 0 Å². The number of Topliss-reactive ketones (excluding diaryl/α,β-unsaturated/α-hetero) is 1. The van der Waals surface area contributed by atoms with Crippen LogP contribution in [0, 0.1) is 0 Å². The SMILES string of the molecule is CC(=O)/C(SC(C)Cl)=C(\C)O. The van der Waals surface area contributed by atoms with E-state index in [-0.39, 0.29) is 16.3 Å². The fourth-order valence-electron chi connectivity index (χ4n) is 0.585. The summed E-state index contributed by atoms with van der Waals surface area (Å²) in [4.78, 5) is 11.2. The van der Waals surface area contributed by atoms with Crippen molar-refractivity contribution < 1.29 is 9.90 Å². The lowest BCUT2D eigenvalue weighted by Gasteiger charge is -2.05. The lowest BCUT2D eigenvalue weighted by Crippen LogP contribution is -1.98. The molecule has 4 heteroatoms. The Hall–Kier alpha value is -0.150. The monoisotopic (exact) mass is 194 g/mol. The first kappa shape index (κ1) is 10.8. The third-order valence-electron chi connectivity index (χ3n) is 0.929. The average Bonchev–Trinajstić information content (AvgIpc) is 1.81. The molecule has 1 N–H and O–H groups in total. The number of carbonyl (C=O) groups is 1. The van der Waals surface area contributed by atoms with E-state index in [4.69, 9.17) is 16.7 Å². The number of halogens is 1. The van der Waals surface area contributed by atoms with Crippen molar-refractivity contribution in [3.63, 3.8) is 0 Å². The predicted molar refractivity (Wildman–Crippen MR) is 48.9 cm³/mol. The number of ketones is 1. The molecular formula is C7H11ClO2S. The Balaban J connectivity index is 4.39. The molecule has 0 aliphatic rings. The summed E-state index contributed by atoms with van der Waals surface area (Å²) in [6, 6.07) is 0. The van der Waals surface area contributed by atoms with E-state index < -0.39 is 0 Å². The number of hydrogen-bond acceptors (Lipinski definition) is 3. The van der Waals surface area contributed by atoms with Gasteiger partial charge in [0.05, 0.1) is 9.61 Å². The predicted octanol–water partition coefficient (Wildman–Crippen LogP) is 2.68. The molecule has 0 rings (SSSR count). The van der Waals surface area contributed by atoms with Gasteiger partial charge in [0.25, 0.3) is 0 Å². The van der Waals surface area contributed by atoms with E-state index >= 15 is 0 Å². The number of hydrogen-bond donors (Lipinski definition) is 1. The number of aliphatic hydroxyl groups excluding tert-OH is 1. The highest BCUT2D eigenvalue weighted by Gasteiger charge is 2.11. The highest BCUT2D eigenvalue weighted by atomic mass is 35.5. The Bertz CT molecular complexity index is 183. The molecule has 0 saturated heterocycles.